The maximum atomic E-state index is 3.46. The first-order chi connectivity index (χ1) is 5.83. The van der Waals surface area contributed by atoms with Crippen molar-refractivity contribution in [3.05, 3.63) is 0 Å². The minimum atomic E-state index is 0.775. The first-order valence-electron chi connectivity index (χ1n) is 5.50. The molecule has 0 amide bonds. The van der Waals surface area contributed by atoms with Gasteiger partial charge in [0.1, 0.15) is 0 Å². The standard InChI is InChI=1S/C11H23N/c1-4-6-10(9-7-8-9)11(5-2)12-3/h9-12H,4-8H2,1-3H3. The molecule has 1 heteroatoms. The number of nitrogens with one attached hydrogen (secondary N) is 1. The van der Waals surface area contributed by atoms with Crippen LogP contribution in [0.2, 0.25) is 0 Å². The van der Waals surface area contributed by atoms with Crippen molar-refractivity contribution in [3.63, 3.8) is 0 Å². The average Bonchev–Trinajstić information content (AvgIpc) is 2.88. The molecule has 0 aliphatic heterocycles. The SMILES string of the molecule is CCCC(C1CC1)C(CC)NC. The van der Waals surface area contributed by atoms with E-state index in [4.69, 9.17) is 0 Å². The smallest absolute Gasteiger partial charge is 0.00923 e. The van der Waals surface area contributed by atoms with Gasteiger partial charge in [0, 0.05) is 6.04 Å². The number of rotatable bonds is 6. The van der Waals surface area contributed by atoms with E-state index in [9.17, 15) is 0 Å². The molecule has 0 aromatic carbocycles. The first kappa shape index (κ1) is 10.0. The molecule has 0 spiro atoms. The topological polar surface area (TPSA) is 12.0 Å². The van der Waals surface area contributed by atoms with E-state index in [0.29, 0.717) is 0 Å². The summed E-state index contributed by atoms with van der Waals surface area (Å²) in [7, 11) is 2.11. The second-order valence-electron chi connectivity index (χ2n) is 4.09. The second kappa shape index (κ2) is 4.86. The molecule has 0 bridgehead atoms. The van der Waals surface area contributed by atoms with Crippen molar-refractivity contribution in [1.82, 2.24) is 5.32 Å². The van der Waals surface area contributed by atoms with Crippen molar-refractivity contribution in [2.45, 2.75) is 52.0 Å². The minimum absolute atomic E-state index is 0.775. The van der Waals surface area contributed by atoms with Crippen molar-refractivity contribution >= 4 is 0 Å². The minimum Gasteiger partial charge on any atom is -0.317 e. The summed E-state index contributed by atoms with van der Waals surface area (Å²) in [4.78, 5) is 0. The van der Waals surface area contributed by atoms with E-state index >= 15 is 0 Å². The van der Waals surface area contributed by atoms with Crippen LogP contribution in [0.3, 0.4) is 0 Å². The van der Waals surface area contributed by atoms with E-state index in [1.165, 1.54) is 32.1 Å². The molecular weight excluding hydrogens is 146 g/mol. The van der Waals surface area contributed by atoms with Crippen molar-refractivity contribution in [2.75, 3.05) is 7.05 Å². The Bertz CT molecular complexity index is 114. The Balaban J connectivity index is 2.38. The number of hydrogen-bond acceptors (Lipinski definition) is 1. The Hall–Kier alpha value is -0.0400. The van der Waals surface area contributed by atoms with Crippen molar-refractivity contribution in [1.29, 1.82) is 0 Å². The second-order valence-corrected chi connectivity index (χ2v) is 4.09. The van der Waals surface area contributed by atoms with Gasteiger partial charge in [0.25, 0.3) is 0 Å². The summed E-state index contributed by atoms with van der Waals surface area (Å²) < 4.78 is 0. The largest absolute Gasteiger partial charge is 0.317 e. The third-order valence-electron chi connectivity index (χ3n) is 3.18. The molecule has 1 saturated carbocycles. The van der Waals surface area contributed by atoms with Gasteiger partial charge in [-0.15, -0.1) is 0 Å². The summed E-state index contributed by atoms with van der Waals surface area (Å²) in [5.41, 5.74) is 0. The molecule has 1 fully saturated rings. The van der Waals surface area contributed by atoms with E-state index < -0.39 is 0 Å². The lowest BCUT2D eigenvalue weighted by Gasteiger charge is -2.25. The zero-order chi connectivity index (χ0) is 8.97. The molecule has 1 N–H and O–H groups in total. The first-order valence-corrected chi connectivity index (χ1v) is 5.50. The molecule has 1 rings (SSSR count). The third-order valence-corrected chi connectivity index (χ3v) is 3.18. The molecular formula is C11H23N. The molecule has 0 radical (unpaired) electrons. The van der Waals surface area contributed by atoms with Gasteiger partial charge in [-0.05, 0) is 44.6 Å². The van der Waals surface area contributed by atoms with Gasteiger partial charge in [-0.25, -0.2) is 0 Å². The van der Waals surface area contributed by atoms with Crippen LogP contribution >= 0.6 is 0 Å². The van der Waals surface area contributed by atoms with Crippen LogP contribution in [0, 0.1) is 11.8 Å². The summed E-state index contributed by atoms with van der Waals surface area (Å²) in [6.07, 6.45) is 7.03. The monoisotopic (exact) mass is 169 g/mol. The summed E-state index contributed by atoms with van der Waals surface area (Å²) in [5.74, 6) is 2.02. The maximum absolute atomic E-state index is 3.46. The van der Waals surface area contributed by atoms with Crippen molar-refractivity contribution in [2.24, 2.45) is 11.8 Å². The highest BCUT2D eigenvalue weighted by Crippen LogP contribution is 2.41. The molecule has 12 heavy (non-hydrogen) atoms. The zero-order valence-electron chi connectivity index (χ0n) is 8.77. The molecule has 1 aliphatic carbocycles. The molecule has 0 aromatic heterocycles. The predicted molar refractivity (Wildman–Crippen MR) is 54.3 cm³/mol. The van der Waals surface area contributed by atoms with Gasteiger partial charge in [-0.2, -0.15) is 0 Å². The Morgan fingerprint density at radius 1 is 1.33 bits per heavy atom. The molecule has 0 saturated heterocycles. The fraction of sp³-hybridized carbons (Fsp3) is 1.00. The van der Waals surface area contributed by atoms with Gasteiger partial charge < -0.3 is 5.32 Å². The molecule has 2 unspecified atom stereocenters. The summed E-state index contributed by atoms with van der Waals surface area (Å²) >= 11 is 0. The highest BCUT2D eigenvalue weighted by molar-refractivity contribution is 4.87. The van der Waals surface area contributed by atoms with E-state index in [-0.39, 0.29) is 0 Å². The van der Waals surface area contributed by atoms with Gasteiger partial charge in [-0.1, -0.05) is 20.3 Å². The molecule has 0 heterocycles. The van der Waals surface area contributed by atoms with Crippen LogP contribution in [0.5, 0.6) is 0 Å². The Morgan fingerprint density at radius 3 is 2.33 bits per heavy atom. The van der Waals surface area contributed by atoms with Gasteiger partial charge in [0.05, 0.1) is 0 Å². The Morgan fingerprint density at radius 2 is 2.00 bits per heavy atom. The van der Waals surface area contributed by atoms with Gasteiger partial charge in [0.2, 0.25) is 0 Å². The lowest BCUT2D eigenvalue weighted by Crippen LogP contribution is -2.34. The van der Waals surface area contributed by atoms with Crippen LogP contribution in [0.1, 0.15) is 46.0 Å². The summed E-state index contributed by atoms with van der Waals surface area (Å²) in [5, 5.41) is 3.46. The molecule has 1 nitrogen and oxygen atoms in total. The van der Waals surface area contributed by atoms with Gasteiger partial charge in [-0.3, -0.25) is 0 Å². The van der Waals surface area contributed by atoms with Crippen LogP contribution in [0.4, 0.5) is 0 Å². The molecule has 0 aromatic rings. The Labute approximate surface area is 76.9 Å². The van der Waals surface area contributed by atoms with E-state index in [1.807, 2.05) is 0 Å². The fourth-order valence-electron chi connectivity index (χ4n) is 2.34. The number of hydrogen-bond donors (Lipinski definition) is 1. The maximum Gasteiger partial charge on any atom is 0.00923 e. The van der Waals surface area contributed by atoms with E-state index in [0.717, 1.165) is 17.9 Å². The summed E-state index contributed by atoms with van der Waals surface area (Å²) in [6.45, 7) is 4.60. The van der Waals surface area contributed by atoms with Crippen LogP contribution in [0.25, 0.3) is 0 Å². The summed E-state index contributed by atoms with van der Waals surface area (Å²) in [6, 6.07) is 0.775. The quantitative estimate of drug-likeness (QED) is 0.644. The molecule has 72 valence electrons. The van der Waals surface area contributed by atoms with Crippen LogP contribution in [0.15, 0.2) is 0 Å². The lowest BCUT2D eigenvalue weighted by molar-refractivity contribution is 0.303. The normalized spacial score (nSPS) is 22.2. The van der Waals surface area contributed by atoms with Crippen LogP contribution in [-0.4, -0.2) is 13.1 Å². The van der Waals surface area contributed by atoms with Gasteiger partial charge >= 0.3 is 0 Å². The Kier molecular flexibility index (Phi) is 4.07. The predicted octanol–water partition coefficient (Wildman–Crippen LogP) is 2.81. The zero-order valence-corrected chi connectivity index (χ0v) is 8.77. The third kappa shape index (κ3) is 2.48. The van der Waals surface area contributed by atoms with Crippen molar-refractivity contribution < 1.29 is 0 Å². The molecule has 1 aliphatic rings. The molecule has 2 atom stereocenters. The van der Waals surface area contributed by atoms with Crippen molar-refractivity contribution in [3.8, 4) is 0 Å². The van der Waals surface area contributed by atoms with Gasteiger partial charge in [0.15, 0.2) is 0 Å². The van der Waals surface area contributed by atoms with Crippen LogP contribution < -0.4 is 5.32 Å². The highest BCUT2D eigenvalue weighted by Gasteiger charge is 2.34. The van der Waals surface area contributed by atoms with Crippen LogP contribution in [-0.2, 0) is 0 Å². The van der Waals surface area contributed by atoms with E-state index in [2.05, 4.69) is 26.2 Å². The fourth-order valence-corrected chi connectivity index (χ4v) is 2.34. The average molecular weight is 169 g/mol. The lowest BCUT2D eigenvalue weighted by atomic mass is 9.88. The highest BCUT2D eigenvalue weighted by atomic mass is 14.9. The van der Waals surface area contributed by atoms with E-state index in [1.54, 1.807) is 0 Å².